The normalized spacial score (nSPS) is 18.6. The van der Waals surface area contributed by atoms with Crippen LogP contribution >= 0.6 is 11.3 Å². The van der Waals surface area contributed by atoms with Crippen LogP contribution in [0.1, 0.15) is 18.4 Å². The molecule has 1 atom stereocenters. The first-order chi connectivity index (χ1) is 11.6. The zero-order valence-electron chi connectivity index (χ0n) is 13.2. The third-order valence-corrected chi connectivity index (χ3v) is 7.38. The summed E-state index contributed by atoms with van der Waals surface area (Å²) in [4.78, 5) is 12.1. The molecule has 1 fully saturated rings. The molecule has 1 aromatic heterocycles. The molecule has 1 unspecified atom stereocenters. The van der Waals surface area contributed by atoms with E-state index in [-0.39, 0.29) is 11.8 Å². The predicted molar refractivity (Wildman–Crippen MR) is 94.1 cm³/mol. The standard InChI is InChI=1S/C17H20N2O3S2/c20-16(18-12-14-5-2-1-3-6-14)11-15-8-9-19(13-15)24(21,22)17-7-4-10-23-17/h1-7,10,15H,8-9,11-13H2,(H,18,20). The molecule has 0 spiro atoms. The molecule has 2 heterocycles. The van der Waals surface area contributed by atoms with Crippen molar-refractivity contribution in [3.8, 4) is 0 Å². The molecule has 3 rings (SSSR count). The molecule has 0 radical (unpaired) electrons. The summed E-state index contributed by atoms with van der Waals surface area (Å²) in [7, 11) is -3.40. The van der Waals surface area contributed by atoms with Gasteiger partial charge in [-0.15, -0.1) is 11.3 Å². The van der Waals surface area contributed by atoms with Crippen molar-refractivity contribution in [1.82, 2.24) is 9.62 Å². The van der Waals surface area contributed by atoms with Gasteiger partial charge < -0.3 is 5.32 Å². The maximum atomic E-state index is 12.5. The molecule has 128 valence electrons. The van der Waals surface area contributed by atoms with Gasteiger partial charge in [0.05, 0.1) is 0 Å². The van der Waals surface area contributed by atoms with Crippen molar-refractivity contribution in [2.75, 3.05) is 13.1 Å². The second kappa shape index (κ2) is 7.46. The van der Waals surface area contributed by atoms with Crippen molar-refractivity contribution in [1.29, 1.82) is 0 Å². The monoisotopic (exact) mass is 364 g/mol. The Labute approximate surface area is 146 Å². The maximum absolute atomic E-state index is 12.5. The van der Waals surface area contributed by atoms with Gasteiger partial charge in [-0.3, -0.25) is 4.79 Å². The third-order valence-electron chi connectivity index (χ3n) is 4.14. The Morgan fingerprint density at radius 3 is 2.71 bits per heavy atom. The van der Waals surface area contributed by atoms with E-state index in [0.717, 1.165) is 12.0 Å². The van der Waals surface area contributed by atoms with Crippen LogP contribution in [0, 0.1) is 5.92 Å². The predicted octanol–water partition coefficient (Wildman–Crippen LogP) is 2.47. The molecule has 1 saturated heterocycles. The average molecular weight is 364 g/mol. The number of carbonyl (C=O) groups excluding carboxylic acids is 1. The van der Waals surface area contributed by atoms with E-state index in [1.54, 1.807) is 17.5 Å². The number of amides is 1. The van der Waals surface area contributed by atoms with Crippen molar-refractivity contribution in [3.05, 3.63) is 53.4 Å². The van der Waals surface area contributed by atoms with Crippen molar-refractivity contribution in [3.63, 3.8) is 0 Å². The molecule has 7 heteroatoms. The highest BCUT2D eigenvalue weighted by molar-refractivity contribution is 7.91. The second-order valence-electron chi connectivity index (χ2n) is 5.92. The fraction of sp³-hybridized carbons (Fsp3) is 0.353. The van der Waals surface area contributed by atoms with Crippen LogP contribution in [0.25, 0.3) is 0 Å². The molecule has 0 bridgehead atoms. The lowest BCUT2D eigenvalue weighted by Gasteiger charge is -2.15. The molecule has 1 aromatic carbocycles. The van der Waals surface area contributed by atoms with Gasteiger partial charge in [-0.1, -0.05) is 36.4 Å². The van der Waals surface area contributed by atoms with Crippen LogP contribution in [0.4, 0.5) is 0 Å². The molecular formula is C17H20N2O3S2. The number of benzene rings is 1. The SMILES string of the molecule is O=C(CC1CCN(S(=O)(=O)c2cccs2)C1)NCc1ccccc1. The number of carbonyl (C=O) groups is 1. The molecule has 2 aromatic rings. The van der Waals surface area contributed by atoms with Crippen LogP contribution in [-0.4, -0.2) is 31.7 Å². The quantitative estimate of drug-likeness (QED) is 0.856. The molecule has 1 aliphatic heterocycles. The molecule has 5 nitrogen and oxygen atoms in total. The van der Waals surface area contributed by atoms with E-state index in [9.17, 15) is 13.2 Å². The van der Waals surface area contributed by atoms with E-state index in [4.69, 9.17) is 0 Å². The topological polar surface area (TPSA) is 66.5 Å². The molecule has 0 saturated carbocycles. The Balaban J connectivity index is 1.50. The first-order valence-corrected chi connectivity index (χ1v) is 10.2. The van der Waals surface area contributed by atoms with Crippen LogP contribution in [-0.2, 0) is 21.4 Å². The van der Waals surface area contributed by atoms with Crippen LogP contribution < -0.4 is 5.32 Å². The van der Waals surface area contributed by atoms with E-state index >= 15 is 0 Å². The van der Waals surface area contributed by atoms with E-state index in [1.165, 1.54) is 15.6 Å². The first-order valence-electron chi connectivity index (χ1n) is 7.90. The lowest BCUT2D eigenvalue weighted by atomic mass is 10.0. The van der Waals surface area contributed by atoms with E-state index < -0.39 is 10.0 Å². The summed E-state index contributed by atoms with van der Waals surface area (Å²) >= 11 is 1.23. The van der Waals surface area contributed by atoms with Gasteiger partial charge in [0.15, 0.2) is 0 Å². The van der Waals surface area contributed by atoms with Crippen molar-refractivity contribution in [2.24, 2.45) is 5.92 Å². The van der Waals surface area contributed by atoms with Gasteiger partial charge >= 0.3 is 0 Å². The van der Waals surface area contributed by atoms with E-state index in [1.807, 2.05) is 30.3 Å². The minimum absolute atomic E-state index is 0.0285. The Bertz CT molecular complexity index is 773. The molecular weight excluding hydrogens is 344 g/mol. The summed E-state index contributed by atoms with van der Waals surface area (Å²) in [6.07, 6.45) is 1.09. The smallest absolute Gasteiger partial charge is 0.252 e. The molecule has 1 amide bonds. The van der Waals surface area contributed by atoms with Crippen molar-refractivity contribution < 1.29 is 13.2 Å². The zero-order chi connectivity index (χ0) is 17.0. The number of rotatable bonds is 6. The second-order valence-corrected chi connectivity index (χ2v) is 9.03. The Morgan fingerprint density at radius 2 is 2.00 bits per heavy atom. The van der Waals surface area contributed by atoms with Gasteiger partial charge in [0, 0.05) is 26.1 Å². The number of hydrogen-bond acceptors (Lipinski definition) is 4. The third kappa shape index (κ3) is 4.03. The van der Waals surface area contributed by atoms with E-state index in [2.05, 4.69) is 5.32 Å². The van der Waals surface area contributed by atoms with Gasteiger partial charge in [-0.2, -0.15) is 4.31 Å². The number of nitrogens with zero attached hydrogens (tertiary/aromatic N) is 1. The summed E-state index contributed by atoms with van der Waals surface area (Å²) in [5.41, 5.74) is 1.05. The number of nitrogens with one attached hydrogen (secondary N) is 1. The van der Waals surface area contributed by atoms with E-state index in [0.29, 0.717) is 30.3 Å². The zero-order valence-corrected chi connectivity index (χ0v) is 14.9. The highest BCUT2D eigenvalue weighted by atomic mass is 32.2. The highest BCUT2D eigenvalue weighted by Crippen LogP contribution is 2.28. The Hall–Kier alpha value is -1.70. The minimum Gasteiger partial charge on any atom is -0.352 e. The number of hydrogen-bond donors (Lipinski definition) is 1. The van der Waals surface area contributed by atoms with Crippen LogP contribution in [0.15, 0.2) is 52.1 Å². The maximum Gasteiger partial charge on any atom is 0.252 e. The molecule has 0 aliphatic carbocycles. The summed E-state index contributed by atoms with van der Waals surface area (Å²) in [6, 6.07) is 13.1. The molecule has 1 aliphatic rings. The fourth-order valence-electron chi connectivity index (χ4n) is 2.85. The number of sulfonamides is 1. The lowest BCUT2D eigenvalue weighted by Crippen LogP contribution is -2.30. The molecule has 24 heavy (non-hydrogen) atoms. The van der Waals surface area contributed by atoms with Gasteiger partial charge in [0.1, 0.15) is 4.21 Å². The summed E-state index contributed by atoms with van der Waals surface area (Å²) in [6.45, 7) is 1.40. The first kappa shape index (κ1) is 17.1. The largest absolute Gasteiger partial charge is 0.352 e. The minimum atomic E-state index is -3.40. The van der Waals surface area contributed by atoms with Crippen molar-refractivity contribution in [2.45, 2.75) is 23.6 Å². The average Bonchev–Trinajstić information content (AvgIpc) is 3.26. The van der Waals surface area contributed by atoms with Gasteiger partial charge in [-0.25, -0.2) is 8.42 Å². The van der Waals surface area contributed by atoms with Crippen LogP contribution in [0.5, 0.6) is 0 Å². The number of thiophene rings is 1. The van der Waals surface area contributed by atoms with Gasteiger partial charge in [0.2, 0.25) is 5.91 Å². The summed E-state index contributed by atoms with van der Waals surface area (Å²) in [5.74, 6) is 0.0507. The highest BCUT2D eigenvalue weighted by Gasteiger charge is 2.33. The lowest BCUT2D eigenvalue weighted by molar-refractivity contribution is -0.122. The summed E-state index contributed by atoms with van der Waals surface area (Å²) in [5, 5.41) is 4.66. The van der Waals surface area contributed by atoms with Gasteiger partial charge in [0.25, 0.3) is 10.0 Å². The summed E-state index contributed by atoms with van der Waals surface area (Å²) < 4.78 is 26.8. The van der Waals surface area contributed by atoms with Crippen molar-refractivity contribution >= 4 is 27.3 Å². The molecule has 1 N–H and O–H groups in total. The Morgan fingerprint density at radius 1 is 1.21 bits per heavy atom. The Kier molecular flexibility index (Phi) is 5.33. The fourth-order valence-corrected chi connectivity index (χ4v) is 5.53. The van der Waals surface area contributed by atoms with Crippen LogP contribution in [0.3, 0.4) is 0 Å². The van der Waals surface area contributed by atoms with Gasteiger partial charge in [-0.05, 0) is 29.3 Å². The van der Waals surface area contributed by atoms with Crippen LogP contribution in [0.2, 0.25) is 0 Å².